The van der Waals surface area contributed by atoms with Crippen molar-refractivity contribution in [1.29, 1.82) is 0 Å². The Morgan fingerprint density at radius 1 is 1.20 bits per heavy atom. The summed E-state index contributed by atoms with van der Waals surface area (Å²) in [6, 6.07) is 5.83. The summed E-state index contributed by atoms with van der Waals surface area (Å²) in [5.41, 5.74) is 2.18. The summed E-state index contributed by atoms with van der Waals surface area (Å²) in [5, 5.41) is 2.86. The molecule has 192 valence electrons. The number of methoxy groups -OCH3 is 1. The summed E-state index contributed by atoms with van der Waals surface area (Å²) in [5.74, 6) is -0.239. The van der Waals surface area contributed by atoms with Crippen molar-refractivity contribution in [2.75, 3.05) is 40.0 Å². The molecule has 0 aromatic heterocycles. The number of fused-ring (bicyclic) bond motifs is 1. The molecule has 9 heteroatoms. The number of nitrogens with zero attached hydrogens (tertiary/aromatic N) is 2. The van der Waals surface area contributed by atoms with E-state index in [0.29, 0.717) is 31.9 Å². The number of carbonyl (C=O) groups excluding carboxylic acids is 3. The van der Waals surface area contributed by atoms with Gasteiger partial charge < -0.3 is 29.3 Å². The lowest BCUT2D eigenvalue weighted by Crippen LogP contribution is -2.54. The third-order valence-electron chi connectivity index (χ3n) is 6.57. The van der Waals surface area contributed by atoms with E-state index < -0.39 is 17.8 Å². The van der Waals surface area contributed by atoms with E-state index in [1.807, 2.05) is 43.9 Å². The van der Waals surface area contributed by atoms with E-state index in [1.165, 1.54) is 5.56 Å². The van der Waals surface area contributed by atoms with Gasteiger partial charge in [0.15, 0.2) is 6.10 Å². The standard InChI is InChI=1S/C26H37N3O6/c1-26(2,3)35-25(32)28-12-14-34-22(16-28)24(31)29(19-8-9-19)21-10-7-17-5-6-18(15-20(17)21)23(30)27-11-13-33-4/h5-6,15,19,21-22H,7-14,16H2,1-4H3,(H,27,30)/t21-,22+/m0/s1. The Morgan fingerprint density at radius 3 is 2.66 bits per heavy atom. The number of morpholine rings is 1. The maximum absolute atomic E-state index is 13.8. The fraction of sp³-hybridized carbons (Fsp3) is 0.654. The van der Waals surface area contributed by atoms with Crippen molar-refractivity contribution in [3.05, 3.63) is 34.9 Å². The third kappa shape index (κ3) is 6.13. The molecule has 35 heavy (non-hydrogen) atoms. The van der Waals surface area contributed by atoms with Crippen molar-refractivity contribution >= 4 is 17.9 Å². The second kappa shape index (κ2) is 10.5. The molecule has 2 aliphatic carbocycles. The number of aryl methyl sites for hydroxylation is 1. The molecule has 0 bridgehead atoms. The molecule has 1 heterocycles. The molecule has 1 saturated carbocycles. The van der Waals surface area contributed by atoms with Gasteiger partial charge in [-0.1, -0.05) is 6.07 Å². The van der Waals surface area contributed by atoms with Crippen LogP contribution in [-0.4, -0.2) is 85.4 Å². The summed E-state index contributed by atoms with van der Waals surface area (Å²) >= 11 is 0. The molecule has 2 atom stereocenters. The van der Waals surface area contributed by atoms with E-state index in [1.54, 1.807) is 12.0 Å². The molecule has 1 saturated heterocycles. The van der Waals surface area contributed by atoms with Crippen molar-refractivity contribution in [3.63, 3.8) is 0 Å². The van der Waals surface area contributed by atoms with Crippen LogP contribution in [0.25, 0.3) is 0 Å². The maximum atomic E-state index is 13.8. The minimum Gasteiger partial charge on any atom is -0.444 e. The summed E-state index contributed by atoms with van der Waals surface area (Å²) in [6.45, 7) is 7.24. The fourth-order valence-corrected chi connectivity index (χ4v) is 4.78. The third-order valence-corrected chi connectivity index (χ3v) is 6.57. The normalized spacial score (nSPS) is 21.9. The first-order valence-corrected chi connectivity index (χ1v) is 12.5. The Labute approximate surface area is 207 Å². The van der Waals surface area contributed by atoms with Gasteiger partial charge in [0, 0.05) is 31.8 Å². The van der Waals surface area contributed by atoms with Crippen LogP contribution < -0.4 is 5.32 Å². The van der Waals surface area contributed by atoms with E-state index in [4.69, 9.17) is 14.2 Å². The van der Waals surface area contributed by atoms with Gasteiger partial charge in [0.2, 0.25) is 0 Å². The minimum absolute atomic E-state index is 0.0893. The topological polar surface area (TPSA) is 97.4 Å². The summed E-state index contributed by atoms with van der Waals surface area (Å²) < 4.78 is 16.4. The maximum Gasteiger partial charge on any atom is 0.410 e. The van der Waals surface area contributed by atoms with Crippen molar-refractivity contribution in [2.45, 2.75) is 70.2 Å². The van der Waals surface area contributed by atoms with Crippen LogP contribution in [0.4, 0.5) is 4.79 Å². The molecule has 0 spiro atoms. The lowest BCUT2D eigenvalue weighted by Gasteiger charge is -2.38. The van der Waals surface area contributed by atoms with Crippen LogP contribution in [0.15, 0.2) is 18.2 Å². The zero-order chi connectivity index (χ0) is 25.2. The Bertz CT molecular complexity index is 955. The summed E-state index contributed by atoms with van der Waals surface area (Å²) in [4.78, 5) is 42.5. The zero-order valence-electron chi connectivity index (χ0n) is 21.2. The first-order valence-electron chi connectivity index (χ1n) is 12.5. The molecule has 4 rings (SSSR count). The highest BCUT2D eigenvalue weighted by molar-refractivity contribution is 5.94. The van der Waals surface area contributed by atoms with E-state index in [9.17, 15) is 14.4 Å². The molecular formula is C26H37N3O6. The highest BCUT2D eigenvalue weighted by atomic mass is 16.6. The van der Waals surface area contributed by atoms with Gasteiger partial charge in [0.1, 0.15) is 5.60 Å². The van der Waals surface area contributed by atoms with Gasteiger partial charge in [-0.3, -0.25) is 9.59 Å². The van der Waals surface area contributed by atoms with Crippen LogP contribution in [0.3, 0.4) is 0 Å². The zero-order valence-corrected chi connectivity index (χ0v) is 21.2. The van der Waals surface area contributed by atoms with E-state index >= 15 is 0 Å². The van der Waals surface area contributed by atoms with Crippen molar-refractivity contribution < 1.29 is 28.6 Å². The van der Waals surface area contributed by atoms with Crippen molar-refractivity contribution in [3.8, 4) is 0 Å². The molecule has 2 fully saturated rings. The van der Waals surface area contributed by atoms with Gasteiger partial charge in [0.05, 0.1) is 25.8 Å². The van der Waals surface area contributed by atoms with E-state index in [-0.39, 0.29) is 30.4 Å². The number of rotatable bonds is 7. The van der Waals surface area contributed by atoms with Crippen molar-refractivity contribution in [1.82, 2.24) is 15.1 Å². The predicted molar refractivity (Wildman–Crippen MR) is 129 cm³/mol. The van der Waals surface area contributed by atoms with E-state index in [2.05, 4.69) is 5.32 Å². The molecular weight excluding hydrogens is 450 g/mol. The fourth-order valence-electron chi connectivity index (χ4n) is 4.78. The first-order chi connectivity index (χ1) is 16.7. The average molecular weight is 488 g/mol. The number of ether oxygens (including phenoxy) is 3. The molecule has 1 aromatic carbocycles. The number of amides is 3. The van der Waals surface area contributed by atoms with Gasteiger partial charge in [-0.25, -0.2) is 4.79 Å². The Kier molecular flexibility index (Phi) is 7.66. The SMILES string of the molecule is COCCNC(=O)c1ccc2c(c1)[C@@H](N(C(=O)[C@H]1CN(C(=O)OC(C)(C)C)CCO1)C1CC1)CC2. The van der Waals surface area contributed by atoms with Gasteiger partial charge in [-0.2, -0.15) is 0 Å². The summed E-state index contributed by atoms with van der Waals surface area (Å²) in [7, 11) is 1.60. The quantitative estimate of drug-likeness (QED) is 0.594. The van der Waals surface area contributed by atoms with Crippen LogP contribution in [0.1, 0.15) is 67.6 Å². The van der Waals surface area contributed by atoms with Crippen molar-refractivity contribution in [2.24, 2.45) is 0 Å². The number of benzene rings is 1. The molecule has 9 nitrogen and oxygen atoms in total. The smallest absolute Gasteiger partial charge is 0.410 e. The highest BCUT2D eigenvalue weighted by Gasteiger charge is 2.44. The predicted octanol–water partition coefficient (Wildman–Crippen LogP) is 2.68. The number of hydrogen-bond acceptors (Lipinski definition) is 6. The molecule has 1 aromatic rings. The first kappa shape index (κ1) is 25.4. The average Bonchev–Trinajstić information content (AvgIpc) is 3.57. The van der Waals surface area contributed by atoms with Crippen LogP contribution in [0.5, 0.6) is 0 Å². The Hall–Kier alpha value is -2.65. The van der Waals surface area contributed by atoms with Gasteiger partial charge in [0.25, 0.3) is 11.8 Å². The number of nitrogens with one attached hydrogen (secondary N) is 1. The lowest BCUT2D eigenvalue weighted by atomic mass is 10.0. The summed E-state index contributed by atoms with van der Waals surface area (Å²) in [6.07, 6.45) is 2.44. The molecule has 1 N–H and O–H groups in total. The Balaban J connectivity index is 1.49. The molecule has 3 aliphatic rings. The second-order valence-corrected chi connectivity index (χ2v) is 10.5. The van der Waals surface area contributed by atoms with Crippen LogP contribution in [0, 0.1) is 0 Å². The van der Waals surface area contributed by atoms with E-state index in [0.717, 1.165) is 31.2 Å². The van der Waals surface area contributed by atoms with Crippen LogP contribution in [-0.2, 0) is 25.4 Å². The van der Waals surface area contributed by atoms with Gasteiger partial charge in [-0.15, -0.1) is 0 Å². The minimum atomic E-state index is -0.721. The highest BCUT2D eigenvalue weighted by Crippen LogP contribution is 2.43. The van der Waals surface area contributed by atoms with Gasteiger partial charge in [-0.05, 0) is 69.7 Å². The molecule has 3 amide bonds. The lowest BCUT2D eigenvalue weighted by molar-refractivity contribution is -0.152. The number of hydrogen-bond donors (Lipinski definition) is 1. The largest absolute Gasteiger partial charge is 0.444 e. The molecule has 1 aliphatic heterocycles. The van der Waals surface area contributed by atoms with Gasteiger partial charge >= 0.3 is 6.09 Å². The van der Waals surface area contributed by atoms with Crippen LogP contribution in [0.2, 0.25) is 0 Å². The monoisotopic (exact) mass is 487 g/mol. The molecule has 0 radical (unpaired) electrons. The van der Waals surface area contributed by atoms with Crippen LogP contribution >= 0.6 is 0 Å². The Morgan fingerprint density at radius 2 is 1.97 bits per heavy atom. The second-order valence-electron chi connectivity index (χ2n) is 10.5. The molecule has 0 unspecified atom stereocenters. The number of carbonyl (C=O) groups is 3.